The van der Waals surface area contributed by atoms with Crippen LogP contribution in [0.3, 0.4) is 0 Å². The van der Waals surface area contributed by atoms with Gasteiger partial charge in [0.15, 0.2) is 18.1 Å². The molecule has 0 atom stereocenters. The minimum absolute atomic E-state index is 0.140. The molecule has 1 N–H and O–H groups in total. The van der Waals surface area contributed by atoms with Crippen LogP contribution in [-0.2, 0) is 11.2 Å². The molecule has 0 fully saturated rings. The maximum Gasteiger partial charge on any atom is 0.263 e. The summed E-state index contributed by atoms with van der Waals surface area (Å²) >= 11 is 0. The van der Waals surface area contributed by atoms with Gasteiger partial charge in [0.2, 0.25) is 0 Å². The molecule has 0 saturated carbocycles. The third-order valence-electron chi connectivity index (χ3n) is 4.10. The monoisotopic (exact) mass is 374 g/mol. The van der Waals surface area contributed by atoms with E-state index in [4.69, 9.17) is 9.47 Å². The number of methoxy groups -OCH3 is 1. The Bertz CT molecular complexity index is 938. The lowest BCUT2D eigenvalue weighted by atomic mass is 10.1. The van der Waals surface area contributed by atoms with Crippen molar-refractivity contribution in [3.8, 4) is 22.6 Å². The molecule has 0 saturated heterocycles. The Morgan fingerprint density at radius 1 is 1.07 bits per heavy atom. The van der Waals surface area contributed by atoms with Gasteiger partial charge in [-0.05, 0) is 41.8 Å². The van der Waals surface area contributed by atoms with Crippen molar-refractivity contribution in [2.45, 2.75) is 6.42 Å². The summed E-state index contributed by atoms with van der Waals surface area (Å²) in [6.07, 6.45) is 4.29. The molecule has 5 nitrogen and oxygen atoms in total. The Morgan fingerprint density at radius 2 is 1.89 bits per heavy atom. The van der Waals surface area contributed by atoms with Crippen LogP contribution in [0.25, 0.3) is 11.1 Å². The van der Waals surface area contributed by atoms with E-state index in [0.717, 1.165) is 23.1 Å². The normalized spacial score (nSPS) is 10.2. The van der Waals surface area contributed by atoms with E-state index >= 15 is 0 Å². The zero-order valence-corrected chi connectivity index (χ0v) is 15.7. The molecule has 1 aromatic heterocycles. The summed E-state index contributed by atoms with van der Waals surface area (Å²) in [5, 5.41) is 2.73. The fourth-order valence-electron chi connectivity index (χ4n) is 2.72. The molecule has 5 heteroatoms. The molecule has 1 heterocycles. The highest BCUT2D eigenvalue weighted by Crippen LogP contribution is 2.28. The fourth-order valence-corrected chi connectivity index (χ4v) is 2.72. The van der Waals surface area contributed by atoms with Crippen LogP contribution >= 0.6 is 0 Å². The molecular weight excluding hydrogens is 352 g/mol. The van der Waals surface area contributed by atoms with Gasteiger partial charge in [0.25, 0.3) is 5.91 Å². The van der Waals surface area contributed by atoms with E-state index < -0.39 is 0 Å². The third-order valence-corrected chi connectivity index (χ3v) is 4.10. The summed E-state index contributed by atoms with van der Waals surface area (Å²) in [5.74, 6) is 1.27. The van der Waals surface area contributed by atoms with Gasteiger partial charge in [-0.3, -0.25) is 4.79 Å². The largest absolute Gasteiger partial charge is 0.493 e. The highest BCUT2D eigenvalue weighted by Gasteiger charge is 2.09. The average Bonchev–Trinajstić information content (AvgIpc) is 2.74. The number of rotatable bonds is 8. The Hall–Kier alpha value is -3.60. The molecule has 0 spiro atoms. The van der Waals surface area contributed by atoms with E-state index in [1.807, 2.05) is 54.6 Å². The van der Waals surface area contributed by atoms with Crippen LogP contribution < -0.4 is 14.8 Å². The maximum atomic E-state index is 12.2. The lowest BCUT2D eigenvalue weighted by Crippen LogP contribution is -2.20. The molecule has 3 aromatic rings. The second-order valence-corrected chi connectivity index (χ2v) is 6.11. The van der Waals surface area contributed by atoms with Crippen molar-refractivity contribution in [2.75, 3.05) is 19.0 Å². The number of nitrogens with zero attached hydrogens (tertiary/aromatic N) is 1. The van der Waals surface area contributed by atoms with E-state index in [2.05, 4.69) is 16.9 Å². The first-order valence-corrected chi connectivity index (χ1v) is 8.91. The van der Waals surface area contributed by atoms with Crippen LogP contribution in [0.1, 0.15) is 5.56 Å². The van der Waals surface area contributed by atoms with Crippen molar-refractivity contribution in [3.05, 3.63) is 85.1 Å². The summed E-state index contributed by atoms with van der Waals surface area (Å²) in [7, 11) is 1.57. The molecule has 0 aliphatic rings. The van der Waals surface area contributed by atoms with Crippen LogP contribution in [-0.4, -0.2) is 24.6 Å². The number of hydrogen-bond donors (Lipinski definition) is 1. The standard InChI is InChI=1S/C23H22N2O3/c1-3-7-17-10-12-20(21(14-17)27-2)28-16-23(26)25-22-13-11-19(15-24-22)18-8-5-4-6-9-18/h3-6,8-15H,1,7,16H2,2H3,(H,24,25,26). The van der Waals surface area contributed by atoms with E-state index in [1.54, 1.807) is 25.4 Å². The van der Waals surface area contributed by atoms with Gasteiger partial charge in [-0.2, -0.15) is 0 Å². The highest BCUT2D eigenvalue weighted by atomic mass is 16.5. The molecular formula is C23H22N2O3. The summed E-state index contributed by atoms with van der Waals surface area (Å²) in [5.41, 5.74) is 3.12. The lowest BCUT2D eigenvalue weighted by Gasteiger charge is -2.12. The van der Waals surface area contributed by atoms with Crippen molar-refractivity contribution in [3.63, 3.8) is 0 Å². The minimum atomic E-state index is -0.294. The van der Waals surface area contributed by atoms with Crippen molar-refractivity contribution >= 4 is 11.7 Å². The molecule has 28 heavy (non-hydrogen) atoms. The predicted molar refractivity (Wildman–Crippen MR) is 111 cm³/mol. The SMILES string of the molecule is C=CCc1ccc(OCC(=O)Nc2ccc(-c3ccccc3)cn2)c(OC)c1. The Balaban J connectivity index is 1.58. The molecule has 1 amide bonds. The number of hydrogen-bond acceptors (Lipinski definition) is 4. The Kier molecular flexibility index (Phi) is 6.41. The number of carbonyl (C=O) groups is 1. The Labute approximate surface area is 164 Å². The zero-order chi connectivity index (χ0) is 19.8. The number of anilines is 1. The van der Waals surface area contributed by atoms with Crippen LogP contribution in [0, 0.1) is 0 Å². The average molecular weight is 374 g/mol. The molecule has 0 unspecified atom stereocenters. The number of nitrogens with one attached hydrogen (secondary N) is 1. The van der Waals surface area contributed by atoms with Gasteiger partial charge >= 0.3 is 0 Å². The second kappa shape index (κ2) is 9.37. The molecule has 142 valence electrons. The quantitative estimate of drug-likeness (QED) is 0.590. The zero-order valence-electron chi connectivity index (χ0n) is 15.7. The summed E-state index contributed by atoms with van der Waals surface area (Å²) in [6.45, 7) is 3.59. The molecule has 0 bridgehead atoms. The lowest BCUT2D eigenvalue weighted by molar-refractivity contribution is -0.118. The van der Waals surface area contributed by atoms with Gasteiger partial charge in [-0.15, -0.1) is 6.58 Å². The van der Waals surface area contributed by atoms with Crippen LogP contribution in [0.2, 0.25) is 0 Å². The highest BCUT2D eigenvalue weighted by molar-refractivity contribution is 5.91. The van der Waals surface area contributed by atoms with Crippen molar-refractivity contribution in [1.29, 1.82) is 0 Å². The minimum Gasteiger partial charge on any atom is -0.493 e. The Morgan fingerprint density at radius 3 is 2.57 bits per heavy atom. The third kappa shape index (κ3) is 4.98. The van der Waals surface area contributed by atoms with E-state index in [1.165, 1.54) is 0 Å². The van der Waals surface area contributed by atoms with Crippen LogP contribution in [0.15, 0.2) is 79.5 Å². The van der Waals surface area contributed by atoms with Crippen LogP contribution in [0.5, 0.6) is 11.5 Å². The topological polar surface area (TPSA) is 60.5 Å². The summed E-state index contributed by atoms with van der Waals surface area (Å²) < 4.78 is 10.9. The predicted octanol–water partition coefficient (Wildman–Crippen LogP) is 4.50. The van der Waals surface area contributed by atoms with Crippen molar-refractivity contribution in [2.24, 2.45) is 0 Å². The van der Waals surface area contributed by atoms with Gasteiger partial charge in [0.1, 0.15) is 5.82 Å². The maximum absolute atomic E-state index is 12.2. The molecule has 0 aliphatic heterocycles. The first kappa shape index (κ1) is 19.2. The second-order valence-electron chi connectivity index (χ2n) is 6.11. The molecule has 0 aliphatic carbocycles. The van der Waals surface area contributed by atoms with Gasteiger partial charge < -0.3 is 14.8 Å². The summed E-state index contributed by atoms with van der Waals surface area (Å²) in [4.78, 5) is 16.5. The summed E-state index contributed by atoms with van der Waals surface area (Å²) in [6, 6.07) is 19.2. The number of pyridine rings is 1. The number of amides is 1. The van der Waals surface area contributed by atoms with Crippen molar-refractivity contribution < 1.29 is 14.3 Å². The smallest absolute Gasteiger partial charge is 0.263 e. The number of allylic oxidation sites excluding steroid dienone is 1. The molecule has 3 rings (SSSR count). The number of benzene rings is 2. The van der Waals surface area contributed by atoms with E-state index in [-0.39, 0.29) is 12.5 Å². The molecule has 0 radical (unpaired) electrons. The number of carbonyl (C=O) groups excluding carboxylic acids is 1. The first-order chi connectivity index (χ1) is 13.7. The van der Waals surface area contributed by atoms with Gasteiger partial charge in [0.05, 0.1) is 7.11 Å². The number of aromatic nitrogens is 1. The van der Waals surface area contributed by atoms with Gasteiger partial charge in [-0.25, -0.2) is 4.98 Å². The fraction of sp³-hybridized carbons (Fsp3) is 0.130. The first-order valence-electron chi connectivity index (χ1n) is 8.91. The van der Waals surface area contributed by atoms with Crippen molar-refractivity contribution in [1.82, 2.24) is 4.98 Å². The van der Waals surface area contributed by atoms with E-state index in [0.29, 0.717) is 17.3 Å². The van der Waals surface area contributed by atoms with Crippen LogP contribution in [0.4, 0.5) is 5.82 Å². The number of ether oxygens (including phenoxy) is 2. The van der Waals surface area contributed by atoms with E-state index in [9.17, 15) is 4.79 Å². The van der Waals surface area contributed by atoms with Gasteiger partial charge in [-0.1, -0.05) is 42.5 Å². The molecule has 2 aromatic carbocycles. The van der Waals surface area contributed by atoms with Gasteiger partial charge in [0, 0.05) is 11.8 Å².